The van der Waals surface area contributed by atoms with Crippen molar-refractivity contribution in [2.24, 2.45) is 0 Å². The molecule has 2 aromatic rings. The largest absolute Gasteiger partial charge is 0.351 e. The molecule has 0 saturated carbocycles. The van der Waals surface area contributed by atoms with E-state index in [-0.39, 0.29) is 7.33 Å². The maximum absolute atomic E-state index is 12.3. The van der Waals surface area contributed by atoms with Crippen molar-refractivity contribution in [1.82, 2.24) is 9.88 Å². The van der Waals surface area contributed by atoms with E-state index in [9.17, 15) is 4.79 Å². The average Bonchev–Trinajstić information content (AvgIpc) is 3.06. The van der Waals surface area contributed by atoms with E-state index in [0.717, 1.165) is 42.5 Å². The Labute approximate surface area is 115 Å². The number of carbonyl (C=O) groups excluding carboxylic acids is 1. The number of likely N-dealkylation sites (tertiary alicyclic amines) is 1. The molecule has 0 spiro atoms. The second-order valence-electron chi connectivity index (χ2n) is 5.68. The highest BCUT2D eigenvalue weighted by Gasteiger charge is 2.20. The second kappa shape index (κ2) is 4.72. The monoisotopic (exact) mass is 258 g/mol. The summed E-state index contributed by atoms with van der Waals surface area (Å²) in [5.41, 5.74) is 3.08. The molecule has 3 nitrogen and oxygen atoms in total. The van der Waals surface area contributed by atoms with Crippen LogP contribution in [0.2, 0.25) is 0 Å². The maximum Gasteiger partial charge on any atom is 0.270 e. The number of hydrogen-bond donors (Lipinski definition) is 1. The zero-order chi connectivity index (χ0) is 13.4. The zero-order valence-electron chi connectivity index (χ0n) is 11.6. The molecule has 1 aliphatic heterocycles. The average molecular weight is 258 g/mol. The van der Waals surface area contributed by atoms with Gasteiger partial charge in [0.15, 0.2) is 0 Å². The predicted molar refractivity (Wildman–Crippen MR) is 79.6 cm³/mol. The van der Waals surface area contributed by atoms with Gasteiger partial charge < -0.3 is 9.88 Å². The summed E-state index contributed by atoms with van der Waals surface area (Å²) in [5, 5.41) is 1.12. The van der Waals surface area contributed by atoms with Crippen molar-refractivity contribution in [2.45, 2.75) is 32.6 Å². The third-order valence-corrected chi connectivity index (χ3v) is 3.94. The number of hydrogen-bond acceptors (Lipinski definition) is 1. The predicted octanol–water partition coefficient (Wildman–Crippen LogP) is 3.77. The minimum atomic E-state index is 0. The number of aromatic amines is 1. The molecule has 19 heavy (non-hydrogen) atoms. The van der Waals surface area contributed by atoms with Gasteiger partial charge in [-0.1, -0.05) is 26.0 Å². The van der Waals surface area contributed by atoms with Crippen LogP contribution in [-0.2, 0) is 0 Å². The molecule has 1 aromatic heterocycles. The third-order valence-electron chi connectivity index (χ3n) is 3.94. The van der Waals surface area contributed by atoms with Crippen molar-refractivity contribution < 1.29 is 6.22 Å². The quantitative estimate of drug-likeness (QED) is 0.874. The lowest BCUT2D eigenvalue weighted by Crippen LogP contribution is -2.27. The van der Waals surface area contributed by atoms with E-state index < -0.39 is 0 Å². The van der Waals surface area contributed by atoms with Crippen molar-refractivity contribution in [2.75, 3.05) is 13.1 Å². The normalized spacial score (nSPS) is 15.6. The summed E-state index contributed by atoms with van der Waals surface area (Å²) in [6.07, 6.45) is 2.26. The summed E-state index contributed by atoms with van der Waals surface area (Å²) in [5.74, 6) is 0.644. The van der Waals surface area contributed by atoms with Crippen molar-refractivity contribution in [1.29, 1.82) is 0 Å². The molecule has 3 heteroatoms. The van der Waals surface area contributed by atoms with E-state index in [1.807, 2.05) is 11.0 Å². The summed E-state index contributed by atoms with van der Waals surface area (Å²) in [7, 11) is 0. The Morgan fingerprint density at radius 2 is 2.00 bits per heavy atom. The lowest BCUT2D eigenvalue weighted by atomic mass is 10.0. The van der Waals surface area contributed by atoms with Crippen LogP contribution in [0, 0.1) is 0 Å². The first kappa shape index (κ1) is 12.3. The highest BCUT2D eigenvalue weighted by atomic mass is 16.2. The molecule has 0 bridgehead atoms. The van der Waals surface area contributed by atoms with Gasteiger partial charge in [-0.15, -0.1) is 0 Å². The van der Waals surface area contributed by atoms with Gasteiger partial charge in [-0.25, -0.2) is 0 Å². The van der Waals surface area contributed by atoms with E-state index in [1.165, 1.54) is 5.56 Å². The Morgan fingerprint density at radius 3 is 2.68 bits per heavy atom. The third kappa shape index (κ3) is 2.25. The van der Waals surface area contributed by atoms with Gasteiger partial charge in [0.25, 0.3) is 5.91 Å². The van der Waals surface area contributed by atoms with Gasteiger partial charge in [0, 0.05) is 25.4 Å². The first-order chi connectivity index (χ1) is 9.15. The van der Waals surface area contributed by atoms with E-state index in [2.05, 4.69) is 37.0 Å². The molecule has 1 N–H and O–H groups in total. The summed E-state index contributed by atoms with van der Waals surface area (Å²) < 4.78 is 0. The number of fused-ring (bicyclic) bond motifs is 1. The number of amides is 1. The molecule has 2 heterocycles. The molecule has 3 rings (SSSR count). The van der Waals surface area contributed by atoms with Crippen molar-refractivity contribution in [3.63, 3.8) is 0 Å². The fourth-order valence-corrected chi connectivity index (χ4v) is 2.71. The van der Waals surface area contributed by atoms with Crippen molar-refractivity contribution in [3.8, 4) is 0 Å². The van der Waals surface area contributed by atoms with Gasteiger partial charge in [-0.05, 0) is 36.5 Å². The van der Waals surface area contributed by atoms with E-state index in [1.54, 1.807) is 0 Å². The Bertz CT molecular complexity index is 612. The molecule has 1 fully saturated rings. The molecule has 0 radical (unpaired) electrons. The number of nitrogens with one attached hydrogen (secondary N) is 1. The number of nitrogens with zero attached hydrogens (tertiary/aromatic N) is 1. The van der Waals surface area contributed by atoms with Gasteiger partial charge in [0.1, 0.15) is 5.69 Å². The first-order valence-corrected chi connectivity index (χ1v) is 7.07. The molecule has 0 unspecified atom stereocenters. The van der Waals surface area contributed by atoms with Crippen LogP contribution in [0.5, 0.6) is 0 Å². The number of benzene rings is 1. The van der Waals surface area contributed by atoms with Crippen LogP contribution in [0.3, 0.4) is 0 Å². The van der Waals surface area contributed by atoms with Crippen LogP contribution in [0.15, 0.2) is 24.3 Å². The van der Waals surface area contributed by atoms with Crippen LogP contribution in [0.1, 0.15) is 50.1 Å². The van der Waals surface area contributed by atoms with E-state index >= 15 is 0 Å². The van der Waals surface area contributed by atoms with E-state index in [4.69, 9.17) is 0 Å². The van der Waals surface area contributed by atoms with Gasteiger partial charge in [-0.2, -0.15) is 0 Å². The molecule has 1 aliphatic rings. The molecule has 102 valence electrons. The SMILES string of the molecule is CC(C)c1ccc2cc(C(=O)N3CCCC3)[nH]c2c1.[HH]. The molecule has 0 atom stereocenters. The first-order valence-electron chi connectivity index (χ1n) is 7.07. The summed E-state index contributed by atoms with van der Waals surface area (Å²) in [6.45, 7) is 6.15. The molecule has 1 amide bonds. The van der Waals surface area contributed by atoms with Crippen LogP contribution < -0.4 is 0 Å². The van der Waals surface area contributed by atoms with Gasteiger partial charge >= 0.3 is 0 Å². The Balaban J connectivity index is 0.00000147. The van der Waals surface area contributed by atoms with Crippen molar-refractivity contribution in [3.05, 3.63) is 35.5 Å². The zero-order valence-corrected chi connectivity index (χ0v) is 11.6. The Morgan fingerprint density at radius 1 is 1.26 bits per heavy atom. The lowest BCUT2D eigenvalue weighted by Gasteiger charge is -2.13. The maximum atomic E-state index is 12.3. The summed E-state index contributed by atoms with van der Waals surface area (Å²) in [4.78, 5) is 17.5. The standard InChI is InChI=1S/C16H20N2O.H2/c1-11(2)12-5-6-13-10-15(17-14(13)9-12)16(19)18-7-3-4-8-18;/h5-6,9-11,17H,3-4,7-8H2,1-2H3;1H. The van der Waals surface area contributed by atoms with Crippen molar-refractivity contribution >= 4 is 16.8 Å². The lowest BCUT2D eigenvalue weighted by molar-refractivity contribution is 0.0788. The number of aromatic nitrogens is 1. The molecule has 1 saturated heterocycles. The van der Waals surface area contributed by atoms with Crippen LogP contribution in [0.25, 0.3) is 10.9 Å². The van der Waals surface area contributed by atoms with Gasteiger partial charge in [-0.3, -0.25) is 4.79 Å². The number of H-pyrrole nitrogens is 1. The highest BCUT2D eigenvalue weighted by Crippen LogP contribution is 2.23. The molecule has 0 aliphatic carbocycles. The number of carbonyl (C=O) groups is 1. The summed E-state index contributed by atoms with van der Waals surface area (Å²) in [6, 6.07) is 8.37. The fourth-order valence-electron chi connectivity index (χ4n) is 2.71. The smallest absolute Gasteiger partial charge is 0.270 e. The molecular formula is C16H22N2O. The Kier molecular flexibility index (Phi) is 3.05. The molecular weight excluding hydrogens is 236 g/mol. The fraction of sp³-hybridized carbons (Fsp3) is 0.438. The van der Waals surface area contributed by atoms with Crippen LogP contribution in [0.4, 0.5) is 0 Å². The second-order valence-corrected chi connectivity index (χ2v) is 5.68. The van der Waals surface area contributed by atoms with E-state index in [0.29, 0.717) is 5.92 Å². The Hall–Kier alpha value is -1.77. The van der Waals surface area contributed by atoms with Crippen LogP contribution >= 0.6 is 0 Å². The van der Waals surface area contributed by atoms with Crippen LogP contribution in [-0.4, -0.2) is 28.9 Å². The minimum Gasteiger partial charge on any atom is -0.351 e. The topological polar surface area (TPSA) is 36.1 Å². The molecule has 1 aromatic carbocycles. The minimum absolute atomic E-state index is 0. The van der Waals surface area contributed by atoms with Gasteiger partial charge in [0.05, 0.1) is 0 Å². The van der Waals surface area contributed by atoms with Gasteiger partial charge in [0.2, 0.25) is 0 Å². The summed E-state index contributed by atoms with van der Waals surface area (Å²) >= 11 is 0. The highest BCUT2D eigenvalue weighted by molar-refractivity contribution is 5.98. The number of rotatable bonds is 2.